The van der Waals surface area contributed by atoms with Gasteiger partial charge in [-0.15, -0.1) is 0 Å². The molecule has 1 aliphatic carbocycles. The molecule has 0 aromatic rings. The summed E-state index contributed by atoms with van der Waals surface area (Å²) in [5.74, 6) is -0.538. The quantitative estimate of drug-likeness (QED) is 0.764. The van der Waals surface area contributed by atoms with Crippen LogP contribution in [0.1, 0.15) is 53.4 Å². The van der Waals surface area contributed by atoms with Crippen molar-refractivity contribution in [2.45, 2.75) is 59.0 Å². The molecular formula is C13H24O3. The van der Waals surface area contributed by atoms with Crippen LogP contribution in [-0.4, -0.2) is 21.8 Å². The Bertz CT molecular complexity index is 255. The van der Waals surface area contributed by atoms with E-state index in [1.54, 1.807) is 0 Å². The first kappa shape index (κ1) is 13.5. The maximum absolute atomic E-state index is 10.9. The first-order valence-electron chi connectivity index (χ1n) is 6.11. The van der Waals surface area contributed by atoms with Gasteiger partial charge in [-0.1, -0.05) is 20.8 Å². The second-order valence-corrected chi connectivity index (χ2v) is 6.37. The number of carbonyl (C=O) groups is 1. The molecule has 0 aromatic heterocycles. The molecule has 1 fully saturated rings. The minimum atomic E-state index is -1.55. The number of aliphatic carboxylic acids is 1. The molecule has 1 rings (SSSR count). The van der Waals surface area contributed by atoms with Crippen molar-refractivity contribution in [1.29, 1.82) is 0 Å². The van der Waals surface area contributed by atoms with Crippen LogP contribution in [0.2, 0.25) is 0 Å². The third kappa shape index (κ3) is 2.76. The Kier molecular flexibility index (Phi) is 3.68. The van der Waals surface area contributed by atoms with Gasteiger partial charge in [-0.05, 0) is 49.9 Å². The van der Waals surface area contributed by atoms with Crippen LogP contribution < -0.4 is 0 Å². The van der Waals surface area contributed by atoms with Crippen molar-refractivity contribution in [2.24, 2.45) is 17.3 Å². The highest BCUT2D eigenvalue weighted by Gasteiger charge is 2.42. The Morgan fingerprint density at radius 1 is 1.00 bits per heavy atom. The van der Waals surface area contributed by atoms with Crippen LogP contribution in [0.4, 0.5) is 0 Å². The topological polar surface area (TPSA) is 57.5 Å². The summed E-state index contributed by atoms with van der Waals surface area (Å²) in [7, 11) is 0. The van der Waals surface area contributed by atoms with E-state index < -0.39 is 11.6 Å². The highest BCUT2D eigenvalue weighted by Crippen LogP contribution is 2.42. The zero-order chi connectivity index (χ0) is 12.6. The first-order chi connectivity index (χ1) is 7.15. The van der Waals surface area contributed by atoms with E-state index in [-0.39, 0.29) is 5.92 Å². The highest BCUT2D eigenvalue weighted by atomic mass is 16.4. The second kappa shape index (κ2) is 4.36. The molecule has 2 N–H and O–H groups in total. The van der Waals surface area contributed by atoms with Crippen molar-refractivity contribution in [2.75, 3.05) is 0 Å². The zero-order valence-electron chi connectivity index (χ0n) is 10.8. The molecule has 1 atom stereocenters. The summed E-state index contributed by atoms with van der Waals surface area (Å²) < 4.78 is 0. The molecule has 94 valence electrons. The summed E-state index contributed by atoms with van der Waals surface area (Å²) in [5, 5.41) is 18.9. The van der Waals surface area contributed by atoms with Crippen molar-refractivity contribution in [1.82, 2.24) is 0 Å². The van der Waals surface area contributed by atoms with E-state index in [1.165, 1.54) is 6.92 Å². The van der Waals surface area contributed by atoms with Crippen LogP contribution in [0.5, 0.6) is 0 Å². The Labute approximate surface area is 97.9 Å². The van der Waals surface area contributed by atoms with Gasteiger partial charge in [-0.3, -0.25) is 0 Å². The Hall–Kier alpha value is -0.570. The monoisotopic (exact) mass is 228 g/mol. The summed E-state index contributed by atoms with van der Waals surface area (Å²) in [5.41, 5.74) is -1.26. The lowest BCUT2D eigenvalue weighted by atomic mass is 9.67. The second-order valence-electron chi connectivity index (χ2n) is 6.37. The van der Waals surface area contributed by atoms with Gasteiger partial charge in [-0.2, -0.15) is 0 Å². The van der Waals surface area contributed by atoms with E-state index in [9.17, 15) is 9.90 Å². The molecule has 0 amide bonds. The average Bonchev–Trinajstić information content (AvgIpc) is 2.16. The average molecular weight is 228 g/mol. The number of carboxylic acid groups (broad SMARTS) is 1. The minimum absolute atomic E-state index is 0.0939. The SMILES string of the molecule is CC(C)(C)C1CCC(C(C)(O)C(=O)O)CC1. The van der Waals surface area contributed by atoms with E-state index in [1.807, 2.05) is 0 Å². The molecule has 0 radical (unpaired) electrons. The lowest BCUT2D eigenvalue weighted by Crippen LogP contribution is -2.45. The van der Waals surface area contributed by atoms with Crippen molar-refractivity contribution >= 4 is 5.97 Å². The molecule has 0 saturated heterocycles. The van der Waals surface area contributed by atoms with Crippen LogP contribution in [0, 0.1) is 17.3 Å². The third-order valence-electron chi connectivity index (χ3n) is 4.18. The van der Waals surface area contributed by atoms with Gasteiger partial charge < -0.3 is 10.2 Å². The molecule has 3 heteroatoms. The first-order valence-corrected chi connectivity index (χ1v) is 6.11. The van der Waals surface area contributed by atoms with Crippen molar-refractivity contribution in [3.8, 4) is 0 Å². The van der Waals surface area contributed by atoms with Gasteiger partial charge in [0.15, 0.2) is 5.60 Å². The van der Waals surface area contributed by atoms with Crippen molar-refractivity contribution in [3.05, 3.63) is 0 Å². The molecule has 0 aromatic carbocycles. The summed E-state index contributed by atoms with van der Waals surface area (Å²) in [6.07, 6.45) is 3.69. The van der Waals surface area contributed by atoms with Gasteiger partial charge in [0.1, 0.15) is 0 Å². The summed E-state index contributed by atoms with van der Waals surface area (Å²) in [4.78, 5) is 10.9. The molecule has 0 spiro atoms. The summed E-state index contributed by atoms with van der Waals surface area (Å²) in [6, 6.07) is 0. The predicted octanol–water partition coefficient (Wildman–Crippen LogP) is 2.67. The van der Waals surface area contributed by atoms with Crippen LogP contribution in [-0.2, 0) is 4.79 Å². The molecule has 1 aliphatic rings. The molecule has 16 heavy (non-hydrogen) atoms. The number of carboxylic acids is 1. The lowest BCUT2D eigenvalue weighted by Gasteiger charge is -2.40. The van der Waals surface area contributed by atoms with Crippen molar-refractivity contribution in [3.63, 3.8) is 0 Å². The third-order valence-corrected chi connectivity index (χ3v) is 4.18. The molecule has 1 saturated carbocycles. The molecule has 1 unspecified atom stereocenters. The van der Waals surface area contributed by atoms with Gasteiger partial charge in [0, 0.05) is 0 Å². The van der Waals surface area contributed by atoms with Crippen LogP contribution in [0.15, 0.2) is 0 Å². The van der Waals surface area contributed by atoms with Crippen LogP contribution in [0.3, 0.4) is 0 Å². The van der Waals surface area contributed by atoms with Crippen LogP contribution >= 0.6 is 0 Å². The smallest absolute Gasteiger partial charge is 0.335 e. The van der Waals surface area contributed by atoms with E-state index in [0.717, 1.165) is 25.7 Å². The number of rotatable bonds is 2. The van der Waals surface area contributed by atoms with Gasteiger partial charge in [0.25, 0.3) is 0 Å². The lowest BCUT2D eigenvalue weighted by molar-refractivity contribution is -0.164. The Morgan fingerprint density at radius 3 is 1.69 bits per heavy atom. The number of hydrogen-bond acceptors (Lipinski definition) is 2. The minimum Gasteiger partial charge on any atom is -0.479 e. The van der Waals surface area contributed by atoms with Crippen molar-refractivity contribution < 1.29 is 15.0 Å². The maximum atomic E-state index is 10.9. The van der Waals surface area contributed by atoms with E-state index >= 15 is 0 Å². The summed E-state index contributed by atoms with van der Waals surface area (Å²) >= 11 is 0. The van der Waals surface area contributed by atoms with Crippen LogP contribution in [0.25, 0.3) is 0 Å². The maximum Gasteiger partial charge on any atom is 0.335 e. The Morgan fingerprint density at radius 2 is 1.38 bits per heavy atom. The molecule has 0 heterocycles. The summed E-state index contributed by atoms with van der Waals surface area (Å²) in [6.45, 7) is 8.12. The Balaban J connectivity index is 2.59. The molecule has 0 bridgehead atoms. The number of aliphatic hydroxyl groups is 1. The highest BCUT2D eigenvalue weighted by molar-refractivity contribution is 5.76. The molecule has 0 aliphatic heterocycles. The number of hydrogen-bond donors (Lipinski definition) is 2. The zero-order valence-corrected chi connectivity index (χ0v) is 10.8. The largest absolute Gasteiger partial charge is 0.479 e. The standard InChI is InChI=1S/C13H24O3/c1-12(2,3)9-5-7-10(8-6-9)13(4,16)11(14)15/h9-10,16H,5-8H2,1-4H3,(H,14,15). The fourth-order valence-electron chi connectivity index (χ4n) is 2.70. The van der Waals surface area contributed by atoms with Gasteiger partial charge >= 0.3 is 5.97 Å². The van der Waals surface area contributed by atoms with Gasteiger partial charge in [0.2, 0.25) is 0 Å². The predicted molar refractivity (Wildman–Crippen MR) is 63.2 cm³/mol. The van der Waals surface area contributed by atoms with E-state index in [0.29, 0.717) is 11.3 Å². The molecular weight excluding hydrogens is 204 g/mol. The molecule has 3 nitrogen and oxygen atoms in total. The normalized spacial score (nSPS) is 30.8. The fourth-order valence-corrected chi connectivity index (χ4v) is 2.70. The fraction of sp³-hybridized carbons (Fsp3) is 0.923. The van der Waals surface area contributed by atoms with Gasteiger partial charge in [0.05, 0.1) is 0 Å². The van der Waals surface area contributed by atoms with E-state index in [2.05, 4.69) is 20.8 Å². The van der Waals surface area contributed by atoms with Gasteiger partial charge in [-0.25, -0.2) is 4.79 Å². The van der Waals surface area contributed by atoms with E-state index in [4.69, 9.17) is 5.11 Å².